The van der Waals surface area contributed by atoms with Crippen molar-refractivity contribution in [3.8, 4) is 17.6 Å². The molecule has 6 heteroatoms. The second kappa shape index (κ2) is 6.84. The predicted octanol–water partition coefficient (Wildman–Crippen LogP) is 3.20. The van der Waals surface area contributed by atoms with Gasteiger partial charge in [0, 0.05) is 6.42 Å². The number of phenols is 1. The van der Waals surface area contributed by atoms with E-state index in [1.54, 1.807) is 32.9 Å². The van der Waals surface area contributed by atoms with E-state index in [0.717, 1.165) is 5.56 Å². The number of carbonyl (C=O) groups is 1. The third kappa shape index (κ3) is 5.22. The summed E-state index contributed by atoms with van der Waals surface area (Å²) in [5, 5.41) is 21.1. The lowest BCUT2D eigenvalue weighted by Crippen LogP contribution is -2.27. The highest BCUT2D eigenvalue weighted by Crippen LogP contribution is 2.36. The van der Waals surface area contributed by atoms with Gasteiger partial charge in [-0.25, -0.2) is 4.79 Å². The molecule has 0 saturated carbocycles. The summed E-state index contributed by atoms with van der Waals surface area (Å²) < 4.78 is 10.2. The van der Waals surface area contributed by atoms with E-state index in [0.29, 0.717) is 12.8 Å². The van der Waals surface area contributed by atoms with Crippen LogP contribution in [0.25, 0.3) is 0 Å². The third-order valence-electron chi connectivity index (χ3n) is 2.52. The number of ether oxygens (including phenoxy) is 2. The van der Waals surface area contributed by atoms with Crippen LogP contribution < -0.4 is 10.1 Å². The molecule has 0 heterocycles. The monoisotopic (exact) mass is 292 g/mol. The summed E-state index contributed by atoms with van der Waals surface area (Å²) in [5.74, 6) is 0.0561. The summed E-state index contributed by atoms with van der Waals surface area (Å²) >= 11 is 0. The van der Waals surface area contributed by atoms with E-state index in [-0.39, 0.29) is 17.2 Å². The summed E-state index contributed by atoms with van der Waals surface area (Å²) in [6.07, 6.45) is 0.160. The second-order valence-electron chi connectivity index (χ2n) is 5.48. The van der Waals surface area contributed by atoms with Crippen LogP contribution in [0, 0.1) is 11.3 Å². The molecule has 0 aliphatic heterocycles. The molecule has 1 aromatic carbocycles. The van der Waals surface area contributed by atoms with Gasteiger partial charge in [0.25, 0.3) is 0 Å². The molecule has 1 amide bonds. The zero-order valence-corrected chi connectivity index (χ0v) is 12.7. The Morgan fingerprint density at radius 2 is 2.10 bits per heavy atom. The van der Waals surface area contributed by atoms with Crippen molar-refractivity contribution in [1.29, 1.82) is 5.26 Å². The van der Waals surface area contributed by atoms with E-state index in [4.69, 9.17) is 14.7 Å². The summed E-state index contributed by atoms with van der Waals surface area (Å²) in [7, 11) is 1.42. The maximum absolute atomic E-state index is 11.8. The van der Waals surface area contributed by atoms with E-state index >= 15 is 0 Å². The molecule has 1 rings (SSSR count). The highest BCUT2D eigenvalue weighted by atomic mass is 16.6. The number of hydrogen-bond donors (Lipinski definition) is 2. The quantitative estimate of drug-likeness (QED) is 0.831. The number of nitrogens with one attached hydrogen (secondary N) is 1. The molecule has 0 fully saturated rings. The molecule has 6 nitrogen and oxygen atoms in total. The molecule has 0 aliphatic rings. The maximum Gasteiger partial charge on any atom is 0.412 e. The van der Waals surface area contributed by atoms with Crippen LogP contribution in [0.4, 0.5) is 10.5 Å². The first kappa shape index (κ1) is 16.6. The van der Waals surface area contributed by atoms with E-state index in [2.05, 4.69) is 5.32 Å². The minimum atomic E-state index is -0.669. The van der Waals surface area contributed by atoms with E-state index in [1.807, 2.05) is 6.07 Å². The Morgan fingerprint density at radius 1 is 1.43 bits per heavy atom. The SMILES string of the molecule is COc1cc(CCC#N)cc(NC(=O)OC(C)(C)C)c1O. The van der Waals surface area contributed by atoms with Gasteiger partial charge in [-0.1, -0.05) is 0 Å². The van der Waals surface area contributed by atoms with E-state index in [1.165, 1.54) is 7.11 Å². The number of methoxy groups -OCH3 is 1. The molecule has 0 atom stereocenters. The average Bonchev–Trinajstić information content (AvgIpc) is 2.37. The van der Waals surface area contributed by atoms with Crippen molar-refractivity contribution < 1.29 is 19.4 Å². The molecule has 21 heavy (non-hydrogen) atoms. The Hall–Kier alpha value is -2.42. The summed E-state index contributed by atoms with van der Waals surface area (Å²) in [5.41, 5.74) is 0.330. The number of benzene rings is 1. The number of anilines is 1. The molecule has 0 aromatic heterocycles. The van der Waals surface area contributed by atoms with Gasteiger partial charge in [0.05, 0.1) is 18.9 Å². The van der Waals surface area contributed by atoms with Crippen LogP contribution in [-0.2, 0) is 11.2 Å². The lowest BCUT2D eigenvalue weighted by Gasteiger charge is -2.20. The fourth-order valence-electron chi connectivity index (χ4n) is 1.67. The van der Waals surface area contributed by atoms with Crippen LogP contribution in [0.1, 0.15) is 32.8 Å². The standard InChI is InChI=1S/C15H20N2O4/c1-15(2,3)21-14(19)17-11-8-10(6-5-7-16)9-12(20-4)13(11)18/h8-9,18H,5-6H2,1-4H3,(H,17,19). The highest BCUT2D eigenvalue weighted by Gasteiger charge is 2.19. The molecule has 114 valence electrons. The third-order valence-corrected chi connectivity index (χ3v) is 2.52. The number of rotatable bonds is 4. The highest BCUT2D eigenvalue weighted by molar-refractivity contribution is 5.88. The van der Waals surface area contributed by atoms with Crippen molar-refractivity contribution in [1.82, 2.24) is 0 Å². The molecule has 0 unspecified atom stereocenters. The molecule has 0 spiro atoms. The van der Waals surface area contributed by atoms with Crippen LogP contribution in [0.2, 0.25) is 0 Å². The molecular formula is C15H20N2O4. The normalized spacial score (nSPS) is 10.6. The number of aromatic hydroxyl groups is 1. The van der Waals surface area contributed by atoms with Crippen molar-refractivity contribution in [2.24, 2.45) is 0 Å². The van der Waals surface area contributed by atoms with Crippen molar-refractivity contribution in [3.63, 3.8) is 0 Å². The fraction of sp³-hybridized carbons (Fsp3) is 0.467. The van der Waals surface area contributed by atoms with Gasteiger partial charge in [-0.2, -0.15) is 5.26 Å². The van der Waals surface area contributed by atoms with Crippen LogP contribution in [-0.4, -0.2) is 23.9 Å². The Balaban J connectivity index is 2.99. The zero-order chi connectivity index (χ0) is 16.0. The van der Waals surface area contributed by atoms with Gasteiger partial charge in [0.1, 0.15) is 5.60 Å². The van der Waals surface area contributed by atoms with Gasteiger partial charge >= 0.3 is 6.09 Å². The molecular weight excluding hydrogens is 272 g/mol. The largest absolute Gasteiger partial charge is 0.503 e. The van der Waals surface area contributed by atoms with Crippen molar-refractivity contribution in [3.05, 3.63) is 17.7 Å². The van der Waals surface area contributed by atoms with Gasteiger partial charge in [0.15, 0.2) is 11.5 Å². The van der Waals surface area contributed by atoms with Gasteiger partial charge in [-0.05, 0) is 44.9 Å². The van der Waals surface area contributed by atoms with Crippen LogP contribution in [0.3, 0.4) is 0 Å². The van der Waals surface area contributed by atoms with Crippen molar-refractivity contribution in [2.75, 3.05) is 12.4 Å². The van der Waals surface area contributed by atoms with Gasteiger partial charge in [-0.15, -0.1) is 0 Å². The number of carbonyl (C=O) groups excluding carboxylic acids is 1. The average molecular weight is 292 g/mol. The Bertz CT molecular complexity index is 556. The number of phenolic OH excluding ortho intramolecular Hbond substituents is 1. The number of hydrogen-bond acceptors (Lipinski definition) is 5. The first-order valence-electron chi connectivity index (χ1n) is 6.53. The first-order valence-corrected chi connectivity index (χ1v) is 6.53. The van der Waals surface area contributed by atoms with Gasteiger partial charge in [-0.3, -0.25) is 5.32 Å². The van der Waals surface area contributed by atoms with E-state index in [9.17, 15) is 9.90 Å². The van der Waals surface area contributed by atoms with Gasteiger partial charge in [0.2, 0.25) is 0 Å². The minimum Gasteiger partial charge on any atom is -0.503 e. The van der Waals surface area contributed by atoms with Crippen molar-refractivity contribution >= 4 is 11.8 Å². The fourth-order valence-corrected chi connectivity index (χ4v) is 1.67. The molecule has 0 saturated heterocycles. The van der Waals surface area contributed by atoms with Crippen LogP contribution in [0.5, 0.6) is 11.5 Å². The van der Waals surface area contributed by atoms with Crippen molar-refractivity contribution in [2.45, 2.75) is 39.2 Å². The molecule has 0 aliphatic carbocycles. The second-order valence-corrected chi connectivity index (χ2v) is 5.48. The number of aryl methyl sites for hydroxylation is 1. The summed E-state index contributed by atoms with van der Waals surface area (Å²) in [6.45, 7) is 5.24. The van der Waals surface area contributed by atoms with Gasteiger partial charge < -0.3 is 14.6 Å². The number of nitriles is 1. The lowest BCUT2D eigenvalue weighted by molar-refractivity contribution is 0.0635. The summed E-state index contributed by atoms with van der Waals surface area (Å²) in [6, 6.07) is 5.27. The molecule has 0 radical (unpaired) electrons. The smallest absolute Gasteiger partial charge is 0.412 e. The first-order chi connectivity index (χ1) is 9.76. The number of nitrogens with zero attached hydrogens (tertiary/aromatic N) is 1. The lowest BCUT2D eigenvalue weighted by atomic mass is 10.1. The molecule has 0 bridgehead atoms. The number of amides is 1. The maximum atomic E-state index is 11.8. The van der Waals surface area contributed by atoms with Crippen LogP contribution in [0.15, 0.2) is 12.1 Å². The topological polar surface area (TPSA) is 91.6 Å². The van der Waals surface area contributed by atoms with Crippen LogP contribution >= 0.6 is 0 Å². The zero-order valence-electron chi connectivity index (χ0n) is 12.7. The Labute approximate surface area is 124 Å². The molecule has 1 aromatic rings. The molecule has 2 N–H and O–H groups in total. The van der Waals surface area contributed by atoms with E-state index < -0.39 is 11.7 Å². The summed E-state index contributed by atoms with van der Waals surface area (Å²) in [4.78, 5) is 11.8. The Morgan fingerprint density at radius 3 is 2.62 bits per heavy atom. The Kier molecular flexibility index (Phi) is 5.42. The predicted molar refractivity (Wildman–Crippen MR) is 78.4 cm³/mol. The minimum absolute atomic E-state index is 0.177.